The monoisotopic (exact) mass is 299 g/mol. The molecule has 0 unspecified atom stereocenters. The van der Waals surface area contributed by atoms with Crippen LogP contribution in [0.1, 0.15) is 16.8 Å². The topological polar surface area (TPSA) is 74.8 Å². The van der Waals surface area contributed by atoms with Crippen molar-refractivity contribution in [2.75, 3.05) is 0 Å². The SMILES string of the molecule is Cc1[nH]ncc1CNS(=O)(=O)c1cccc(CCl)c1. The number of aryl methyl sites for hydroxylation is 1. The standard InChI is InChI=1S/C12H14ClN3O2S/c1-9-11(7-14-16-9)8-15-19(17,18)12-4-2-3-10(5-12)6-13/h2-5,7,15H,6,8H2,1H3,(H,14,16). The van der Waals surface area contributed by atoms with Crippen LogP contribution in [-0.2, 0) is 22.4 Å². The zero-order chi connectivity index (χ0) is 13.9. The van der Waals surface area contributed by atoms with E-state index < -0.39 is 10.0 Å². The molecule has 0 fully saturated rings. The molecule has 2 N–H and O–H groups in total. The molecule has 7 heteroatoms. The van der Waals surface area contributed by atoms with Crippen molar-refractivity contribution in [3.8, 4) is 0 Å². The van der Waals surface area contributed by atoms with Crippen LogP contribution in [0.15, 0.2) is 35.4 Å². The summed E-state index contributed by atoms with van der Waals surface area (Å²) in [4.78, 5) is 0.215. The fourth-order valence-electron chi connectivity index (χ4n) is 1.61. The van der Waals surface area contributed by atoms with Crippen LogP contribution < -0.4 is 4.72 Å². The fraction of sp³-hybridized carbons (Fsp3) is 0.250. The van der Waals surface area contributed by atoms with E-state index in [1.807, 2.05) is 6.92 Å². The van der Waals surface area contributed by atoms with Crippen LogP contribution >= 0.6 is 11.6 Å². The van der Waals surface area contributed by atoms with Gasteiger partial charge in [-0.1, -0.05) is 12.1 Å². The third-order valence-corrected chi connectivity index (χ3v) is 4.46. The summed E-state index contributed by atoms with van der Waals surface area (Å²) in [6.07, 6.45) is 1.60. The number of H-pyrrole nitrogens is 1. The van der Waals surface area contributed by atoms with Crippen LogP contribution in [0, 0.1) is 6.92 Å². The summed E-state index contributed by atoms with van der Waals surface area (Å²) in [6, 6.07) is 6.57. The Bertz CT molecular complexity index is 667. The fourth-order valence-corrected chi connectivity index (χ4v) is 2.85. The quantitative estimate of drug-likeness (QED) is 0.829. The van der Waals surface area contributed by atoms with Crippen molar-refractivity contribution in [1.29, 1.82) is 0 Å². The minimum absolute atomic E-state index is 0.204. The molecule has 0 saturated heterocycles. The summed E-state index contributed by atoms with van der Waals surface area (Å²) in [5.41, 5.74) is 2.43. The first-order valence-electron chi connectivity index (χ1n) is 5.66. The molecule has 2 rings (SSSR count). The number of nitrogens with zero attached hydrogens (tertiary/aromatic N) is 1. The number of hydrogen-bond donors (Lipinski definition) is 2. The van der Waals surface area contributed by atoms with Gasteiger partial charge in [0.05, 0.1) is 11.1 Å². The van der Waals surface area contributed by atoms with E-state index in [9.17, 15) is 8.42 Å². The van der Waals surface area contributed by atoms with Crippen LogP contribution in [0.3, 0.4) is 0 Å². The number of benzene rings is 1. The van der Waals surface area contributed by atoms with E-state index >= 15 is 0 Å². The maximum atomic E-state index is 12.1. The Hall–Kier alpha value is -1.37. The lowest BCUT2D eigenvalue weighted by molar-refractivity contribution is 0.581. The highest BCUT2D eigenvalue weighted by Crippen LogP contribution is 2.14. The normalized spacial score (nSPS) is 11.7. The second-order valence-electron chi connectivity index (χ2n) is 4.13. The number of sulfonamides is 1. The third kappa shape index (κ3) is 3.34. The summed E-state index contributed by atoms with van der Waals surface area (Å²) in [6.45, 7) is 2.04. The molecule has 2 aromatic rings. The smallest absolute Gasteiger partial charge is 0.240 e. The van der Waals surface area contributed by atoms with Gasteiger partial charge in [-0.2, -0.15) is 5.10 Å². The van der Waals surface area contributed by atoms with Gasteiger partial charge in [-0.3, -0.25) is 5.10 Å². The van der Waals surface area contributed by atoms with E-state index in [1.165, 1.54) is 0 Å². The maximum absolute atomic E-state index is 12.1. The molecule has 0 amide bonds. The molecule has 1 aromatic heterocycles. The van der Waals surface area contributed by atoms with Crippen molar-refractivity contribution < 1.29 is 8.42 Å². The second kappa shape index (κ2) is 5.73. The number of rotatable bonds is 5. The highest BCUT2D eigenvalue weighted by molar-refractivity contribution is 7.89. The lowest BCUT2D eigenvalue weighted by Crippen LogP contribution is -2.23. The molecule has 5 nitrogen and oxygen atoms in total. The molecule has 0 radical (unpaired) electrons. The summed E-state index contributed by atoms with van der Waals surface area (Å²) in [7, 11) is -3.54. The Labute approximate surface area is 117 Å². The Balaban J connectivity index is 2.16. The van der Waals surface area contributed by atoms with Gasteiger partial charge in [-0.05, 0) is 24.6 Å². The zero-order valence-electron chi connectivity index (χ0n) is 10.4. The van der Waals surface area contributed by atoms with Crippen molar-refractivity contribution in [2.24, 2.45) is 0 Å². The lowest BCUT2D eigenvalue weighted by atomic mass is 10.2. The highest BCUT2D eigenvalue weighted by atomic mass is 35.5. The Kier molecular flexibility index (Phi) is 4.24. The maximum Gasteiger partial charge on any atom is 0.240 e. The molecule has 102 valence electrons. The Morgan fingerprint density at radius 1 is 1.42 bits per heavy atom. The van der Waals surface area contributed by atoms with Crippen molar-refractivity contribution in [3.05, 3.63) is 47.3 Å². The molecule has 0 atom stereocenters. The van der Waals surface area contributed by atoms with Crippen molar-refractivity contribution in [3.63, 3.8) is 0 Å². The molecule has 19 heavy (non-hydrogen) atoms. The number of aromatic amines is 1. The highest BCUT2D eigenvalue weighted by Gasteiger charge is 2.14. The van der Waals surface area contributed by atoms with Crippen LogP contribution in [0.4, 0.5) is 0 Å². The second-order valence-corrected chi connectivity index (χ2v) is 6.16. The van der Waals surface area contributed by atoms with E-state index in [0.717, 1.165) is 16.8 Å². The van der Waals surface area contributed by atoms with Gasteiger partial charge in [0.25, 0.3) is 0 Å². The van der Waals surface area contributed by atoms with Crippen molar-refractivity contribution >= 4 is 21.6 Å². The average molecular weight is 300 g/mol. The van der Waals surface area contributed by atoms with E-state index in [0.29, 0.717) is 0 Å². The van der Waals surface area contributed by atoms with E-state index in [2.05, 4.69) is 14.9 Å². The van der Waals surface area contributed by atoms with Crippen LogP contribution in [0.5, 0.6) is 0 Å². The average Bonchev–Trinajstić information content (AvgIpc) is 2.82. The van der Waals surface area contributed by atoms with Gasteiger partial charge in [0.1, 0.15) is 0 Å². The van der Waals surface area contributed by atoms with E-state index in [-0.39, 0.29) is 17.3 Å². The van der Waals surface area contributed by atoms with Gasteiger partial charge in [0.15, 0.2) is 0 Å². The van der Waals surface area contributed by atoms with Crippen LogP contribution in [0.25, 0.3) is 0 Å². The molecule has 0 saturated carbocycles. The number of alkyl halides is 1. The molecule has 1 heterocycles. The molecular formula is C12H14ClN3O2S. The summed E-state index contributed by atoms with van der Waals surface area (Å²) in [5.74, 6) is 0.282. The summed E-state index contributed by atoms with van der Waals surface area (Å²) >= 11 is 5.70. The zero-order valence-corrected chi connectivity index (χ0v) is 11.9. The third-order valence-electron chi connectivity index (χ3n) is 2.75. The first kappa shape index (κ1) is 14.0. The minimum Gasteiger partial charge on any atom is -0.283 e. The van der Waals surface area contributed by atoms with Gasteiger partial charge in [-0.25, -0.2) is 13.1 Å². The number of nitrogens with one attached hydrogen (secondary N) is 2. The largest absolute Gasteiger partial charge is 0.283 e. The van der Waals surface area contributed by atoms with Crippen molar-refractivity contribution in [1.82, 2.24) is 14.9 Å². The lowest BCUT2D eigenvalue weighted by Gasteiger charge is -2.07. The Morgan fingerprint density at radius 3 is 2.84 bits per heavy atom. The van der Waals surface area contributed by atoms with Gasteiger partial charge < -0.3 is 0 Å². The minimum atomic E-state index is -3.54. The van der Waals surface area contributed by atoms with Crippen LogP contribution in [0.2, 0.25) is 0 Å². The van der Waals surface area contributed by atoms with Crippen LogP contribution in [-0.4, -0.2) is 18.6 Å². The van der Waals surface area contributed by atoms with Gasteiger partial charge in [0, 0.05) is 23.7 Å². The Morgan fingerprint density at radius 2 is 2.21 bits per heavy atom. The van der Waals surface area contributed by atoms with Gasteiger partial charge in [0.2, 0.25) is 10.0 Å². The predicted molar refractivity (Wildman–Crippen MR) is 73.3 cm³/mol. The van der Waals surface area contributed by atoms with Gasteiger partial charge in [-0.15, -0.1) is 11.6 Å². The molecular weight excluding hydrogens is 286 g/mol. The molecule has 0 aliphatic heterocycles. The van der Waals surface area contributed by atoms with E-state index in [4.69, 9.17) is 11.6 Å². The molecule has 0 aliphatic carbocycles. The first-order chi connectivity index (χ1) is 9.03. The molecule has 1 aromatic carbocycles. The summed E-state index contributed by atoms with van der Waals surface area (Å²) in [5, 5.41) is 6.61. The predicted octanol–water partition coefficient (Wildman–Crippen LogP) is 1.94. The van der Waals surface area contributed by atoms with Gasteiger partial charge >= 0.3 is 0 Å². The van der Waals surface area contributed by atoms with E-state index in [1.54, 1.807) is 30.5 Å². The molecule has 0 spiro atoms. The molecule has 0 bridgehead atoms. The number of halogens is 1. The first-order valence-corrected chi connectivity index (χ1v) is 7.68. The summed E-state index contributed by atoms with van der Waals surface area (Å²) < 4.78 is 26.8. The number of hydrogen-bond acceptors (Lipinski definition) is 3. The van der Waals surface area contributed by atoms with Crippen molar-refractivity contribution in [2.45, 2.75) is 24.2 Å². The molecule has 0 aliphatic rings. The number of aromatic nitrogens is 2.